The predicted octanol–water partition coefficient (Wildman–Crippen LogP) is 3.97. The van der Waals surface area contributed by atoms with Crippen LogP contribution in [-0.2, 0) is 22.6 Å². The van der Waals surface area contributed by atoms with Crippen molar-refractivity contribution in [1.82, 2.24) is 19.7 Å². The molecule has 2 aromatic carbocycles. The number of hydrogen-bond acceptors (Lipinski definition) is 5. The van der Waals surface area contributed by atoms with Gasteiger partial charge in [-0.15, -0.1) is 10.2 Å². The summed E-state index contributed by atoms with van der Waals surface area (Å²) >= 11 is 1.47. The van der Waals surface area contributed by atoms with E-state index in [1.807, 2.05) is 53.4 Å². The van der Waals surface area contributed by atoms with Gasteiger partial charge in [-0.25, -0.2) is 0 Å². The maximum absolute atomic E-state index is 13.0. The molecular formula is C24H28N4O2S. The van der Waals surface area contributed by atoms with Gasteiger partial charge in [-0.05, 0) is 24.0 Å². The van der Waals surface area contributed by atoms with Crippen molar-refractivity contribution in [3.05, 3.63) is 77.6 Å². The van der Waals surface area contributed by atoms with Crippen LogP contribution in [0.1, 0.15) is 35.7 Å². The molecule has 0 radical (unpaired) electrons. The van der Waals surface area contributed by atoms with Crippen LogP contribution in [0, 0.1) is 0 Å². The Bertz CT molecular complexity index is 974. The van der Waals surface area contributed by atoms with Gasteiger partial charge in [0.15, 0.2) is 5.16 Å². The van der Waals surface area contributed by atoms with Gasteiger partial charge in [-0.3, -0.25) is 4.79 Å². The summed E-state index contributed by atoms with van der Waals surface area (Å²) < 4.78 is 7.40. The molecule has 6 nitrogen and oxygen atoms in total. The molecule has 0 N–H and O–H groups in total. The maximum atomic E-state index is 13.0. The van der Waals surface area contributed by atoms with Gasteiger partial charge in [0.1, 0.15) is 5.82 Å². The predicted molar refractivity (Wildman–Crippen MR) is 122 cm³/mol. The normalized spacial score (nSPS) is 13.3. The minimum absolute atomic E-state index is 0.0770. The summed E-state index contributed by atoms with van der Waals surface area (Å²) in [6, 6.07) is 20.4. The van der Waals surface area contributed by atoms with E-state index in [1.165, 1.54) is 30.2 Å². The molecule has 0 aliphatic heterocycles. The van der Waals surface area contributed by atoms with Crippen LogP contribution in [0.3, 0.4) is 0 Å². The Kier molecular flexibility index (Phi) is 7.38. The average molecular weight is 437 g/mol. The van der Waals surface area contributed by atoms with Gasteiger partial charge < -0.3 is 14.2 Å². The van der Waals surface area contributed by atoms with Gasteiger partial charge in [0, 0.05) is 26.1 Å². The molecular weight excluding hydrogens is 408 g/mol. The second-order valence-corrected chi connectivity index (χ2v) is 8.71. The largest absolute Gasteiger partial charge is 0.383 e. The Morgan fingerprint density at radius 2 is 1.74 bits per heavy atom. The minimum Gasteiger partial charge on any atom is -0.383 e. The molecule has 1 fully saturated rings. The lowest BCUT2D eigenvalue weighted by Crippen LogP contribution is -2.34. The van der Waals surface area contributed by atoms with Crippen LogP contribution in [0.4, 0.5) is 0 Å². The van der Waals surface area contributed by atoms with Crippen molar-refractivity contribution in [2.45, 2.75) is 37.0 Å². The Hall–Kier alpha value is -2.64. The second-order valence-electron chi connectivity index (χ2n) is 7.77. The lowest BCUT2D eigenvalue weighted by Gasteiger charge is -2.22. The first-order valence-electron chi connectivity index (χ1n) is 10.6. The summed E-state index contributed by atoms with van der Waals surface area (Å²) in [7, 11) is 1.66. The number of benzene rings is 2. The third-order valence-corrected chi connectivity index (χ3v) is 6.28. The average Bonchev–Trinajstić information content (AvgIpc) is 3.58. The number of carbonyl (C=O) groups is 1. The van der Waals surface area contributed by atoms with Gasteiger partial charge in [-0.1, -0.05) is 72.4 Å². The minimum atomic E-state index is 0.0770. The molecule has 1 heterocycles. The Labute approximate surface area is 187 Å². The van der Waals surface area contributed by atoms with E-state index >= 15 is 0 Å². The van der Waals surface area contributed by atoms with Gasteiger partial charge in [0.25, 0.3) is 0 Å². The van der Waals surface area contributed by atoms with Crippen molar-refractivity contribution in [3.63, 3.8) is 0 Å². The standard InChI is InChI=1S/C24H28N4O2S/c1-30-15-14-27(16-19-8-4-2-5-9-19)22(29)18-31-24-26-25-23(21-12-13-21)28(24)17-20-10-6-3-7-11-20/h2-11,21H,12-18H2,1H3. The summed E-state index contributed by atoms with van der Waals surface area (Å²) in [6.45, 7) is 2.38. The molecule has 162 valence electrons. The zero-order valence-corrected chi connectivity index (χ0v) is 18.6. The van der Waals surface area contributed by atoms with E-state index in [-0.39, 0.29) is 5.91 Å². The number of hydrogen-bond donors (Lipinski definition) is 0. The molecule has 7 heteroatoms. The lowest BCUT2D eigenvalue weighted by atomic mass is 10.2. The molecule has 1 aliphatic carbocycles. The molecule has 1 amide bonds. The van der Waals surface area contributed by atoms with Crippen LogP contribution in [0.2, 0.25) is 0 Å². The van der Waals surface area contributed by atoms with Crippen molar-refractivity contribution in [2.24, 2.45) is 0 Å². The Balaban J connectivity index is 1.44. The molecule has 1 saturated carbocycles. The zero-order chi connectivity index (χ0) is 21.5. The number of aromatic nitrogens is 3. The van der Waals surface area contributed by atoms with Crippen molar-refractivity contribution in [3.8, 4) is 0 Å². The second kappa shape index (κ2) is 10.6. The smallest absolute Gasteiger partial charge is 0.233 e. The molecule has 0 unspecified atom stereocenters. The van der Waals surface area contributed by atoms with Crippen molar-refractivity contribution >= 4 is 17.7 Å². The fourth-order valence-electron chi connectivity index (χ4n) is 3.48. The highest BCUT2D eigenvalue weighted by Gasteiger charge is 2.30. The molecule has 0 atom stereocenters. The van der Waals surface area contributed by atoms with Crippen LogP contribution < -0.4 is 0 Å². The summed E-state index contributed by atoms with van der Waals surface area (Å²) in [4.78, 5) is 14.9. The molecule has 1 aliphatic rings. The van der Waals surface area contributed by atoms with Gasteiger partial charge in [-0.2, -0.15) is 0 Å². The van der Waals surface area contributed by atoms with E-state index in [0.717, 1.165) is 23.1 Å². The van der Waals surface area contributed by atoms with Crippen LogP contribution in [0.15, 0.2) is 65.8 Å². The van der Waals surface area contributed by atoms with Gasteiger partial charge >= 0.3 is 0 Å². The highest BCUT2D eigenvalue weighted by molar-refractivity contribution is 7.99. The molecule has 0 spiro atoms. The molecule has 0 saturated heterocycles. The number of ether oxygens (including phenoxy) is 1. The van der Waals surface area contributed by atoms with E-state index in [9.17, 15) is 4.79 Å². The Morgan fingerprint density at radius 1 is 1.06 bits per heavy atom. The van der Waals surface area contributed by atoms with Crippen LogP contribution >= 0.6 is 11.8 Å². The highest BCUT2D eigenvalue weighted by Crippen LogP contribution is 2.40. The first-order valence-corrected chi connectivity index (χ1v) is 11.6. The quantitative estimate of drug-likeness (QED) is 0.426. The van der Waals surface area contributed by atoms with E-state index in [4.69, 9.17) is 4.74 Å². The number of nitrogens with zero attached hydrogens (tertiary/aromatic N) is 4. The van der Waals surface area contributed by atoms with Crippen molar-refractivity contribution < 1.29 is 9.53 Å². The molecule has 4 rings (SSSR count). The Morgan fingerprint density at radius 3 is 2.39 bits per heavy atom. The SMILES string of the molecule is COCCN(Cc1ccccc1)C(=O)CSc1nnc(C2CC2)n1Cc1ccccc1. The third kappa shape index (κ3) is 5.95. The van der Waals surface area contributed by atoms with E-state index in [0.29, 0.717) is 31.4 Å². The van der Waals surface area contributed by atoms with E-state index in [2.05, 4.69) is 26.9 Å². The number of methoxy groups -OCH3 is 1. The van der Waals surface area contributed by atoms with Crippen molar-refractivity contribution in [1.29, 1.82) is 0 Å². The summed E-state index contributed by atoms with van der Waals surface area (Å²) in [5, 5.41) is 9.70. The summed E-state index contributed by atoms with van der Waals surface area (Å²) in [5.74, 6) is 1.94. The van der Waals surface area contributed by atoms with Crippen LogP contribution in [0.25, 0.3) is 0 Å². The molecule has 31 heavy (non-hydrogen) atoms. The first-order chi connectivity index (χ1) is 15.2. The fourth-order valence-corrected chi connectivity index (χ4v) is 4.33. The fraction of sp³-hybridized carbons (Fsp3) is 0.375. The molecule has 0 bridgehead atoms. The number of amides is 1. The van der Waals surface area contributed by atoms with Gasteiger partial charge in [0.05, 0.1) is 18.9 Å². The number of thioether (sulfide) groups is 1. The maximum Gasteiger partial charge on any atom is 0.233 e. The molecule has 1 aromatic heterocycles. The topological polar surface area (TPSA) is 60.2 Å². The van der Waals surface area contributed by atoms with Crippen LogP contribution in [-0.4, -0.2) is 51.6 Å². The third-order valence-electron chi connectivity index (χ3n) is 5.33. The van der Waals surface area contributed by atoms with E-state index in [1.54, 1.807) is 7.11 Å². The lowest BCUT2D eigenvalue weighted by molar-refractivity contribution is -0.129. The highest BCUT2D eigenvalue weighted by atomic mass is 32.2. The summed E-state index contributed by atoms with van der Waals surface area (Å²) in [5.41, 5.74) is 2.32. The zero-order valence-electron chi connectivity index (χ0n) is 17.8. The monoisotopic (exact) mass is 436 g/mol. The summed E-state index contributed by atoms with van der Waals surface area (Å²) in [6.07, 6.45) is 2.33. The van der Waals surface area contributed by atoms with Gasteiger partial charge in [0.2, 0.25) is 5.91 Å². The number of rotatable bonds is 11. The van der Waals surface area contributed by atoms with Crippen LogP contribution in [0.5, 0.6) is 0 Å². The first kappa shape index (κ1) is 21.6. The van der Waals surface area contributed by atoms with Crippen molar-refractivity contribution in [2.75, 3.05) is 26.0 Å². The van der Waals surface area contributed by atoms with E-state index < -0.39 is 0 Å². The molecule has 3 aromatic rings. The number of carbonyl (C=O) groups excluding carboxylic acids is 1.